The zero-order valence-corrected chi connectivity index (χ0v) is 11.1. The molecule has 88 valence electrons. The number of carbonyl (C=O) groups is 1. The summed E-state index contributed by atoms with van der Waals surface area (Å²) >= 11 is 4.72. The Balaban J connectivity index is 2.60. The molecule has 2 rings (SSSR count). The molecular weight excluding hydrogens is 308 g/mol. The van der Waals surface area contributed by atoms with Gasteiger partial charge in [0.1, 0.15) is 5.56 Å². The number of nitrogens with zero attached hydrogens (tertiary/aromatic N) is 1. The summed E-state index contributed by atoms with van der Waals surface area (Å²) in [6, 6.07) is 3.63. The Hall–Kier alpha value is -1.47. The summed E-state index contributed by atoms with van der Waals surface area (Å²) in [5.74, 6) is -0.886. The van der Waals surface area contributed by atoms with Gasteiger partial charge in [-0.25, -0.2) is 9.78 Å². The molecule has 0 saturated heterocycles. The van der Waals surface area contributed by atoms with Gasteiger partial charge in [-0.1, -0.05) is 0 Å². The van der Waals surface area contributed by atoms with Gasteiger partial charge in [0.2, 0.25) is 0 Å². The zero-order valence-electron chi connectivity index (χ0n) is 8.65. The summed E-state index contributed by atoms with van der Waals surface area (Å²) in [6.07, 6.45) is 0. The highest BCUT2D eigenvalue weighted by Crippen LogP contribution is 2.28. The predicted octanol–water partition coefficient (Wildman–Crippen LogP) is 2.27. The van der Waals surface area contributed by atoms with Crippen molar-refractivity contribution < 1.29 is 9.90 Å². The first-order valence-corrected chi connectivity index (χ1v) is 6.20. The number of aromatic amines is 1. The molecule has 0 radical (unpaired) electrons. The van der Waals surface area contributed by atoms with E-state index in [9.17, 15) is 9.59 Å². The maximum atomic E-state index is 11.6. The second-order valence-corrected chi connectivity index (χ2v) is 5.75. The van der Waals surface area contributed by atoms with Crippen LogP contribution in [-0.2, 0) is 0 Å². The number of aryl methyl sites for hydroxylation is 1. The van der Waals surface area contributed by atoms with Crippen molar-refractivity contribution in [1.82, 2.24) is 9.97 Å². The maximum absolute atomic E-state index is 11.6. The van der Waals surface area contributed by atoms with Gasteiger partial charge in [-0.3, -0.25) is 4.79 Å². The maximum Gasteiger partial charge on any atom is 0.343 e. The second-order valence-electron chi connectivity index (χ2n) is 3.28. The van der Waals surface area contributed by atoms with Gasteiger partial charge in [0.25, 0.3) is 5.56 Å². The van der Waals surface area contributed by atoms with Crippen molar-refractivity contribution in [3.05, 3.63) is 37.5 Å². The fourth-order valence-electron chi connectivity index (χ4n) is 1.40. The van der Waals surface area contributed by atoms with Gasteiger partial charge in [-0.15, -0.1) is 11.3 Å². The van der Waals surface area contributed by atoms with E-state index in [4.69, 9.17) is 5.11 Å². The largest absolute Gasteiger partial charge is 0.477 e. The minimum atomic E-state index is -1.27. The van der Waals surface area contributed by atoms with Gasteiger partial charge in [0.15, 0.2) is 5.82 Å². The van der Waals surface area contributed by atoms with Gasteiger partial charge < -0.3 is 10.1 Å². The first-order valence-electron chi connectivity index (χ1n) is 4.59. The molecule has 7 heteroatoms. The lowest BCUT2D eigenvalue weighted by Gasteiger charge is -2.02. The fraction of sp³-hybridized carbons (Fsp3) is 0.100. The molecule has 0 aliphatic heterocycles. The van der Waals surface area contributed by atoms with Crippen LogP contribution in [0.15, 0.2) is 20.7 Å². The quantitative estimate of drug-likeness (QED) is 0.890. The lowest BCUT2D eigenvalue weighted by Crippen LogP contribution is -2.21. The van der Waals surface area contributed by atoms with E-state index >= 15 is 0 Å². The molecule has 5 nitrogen and oxygen atoms in total. The van der Waals surface area contributed by atoms with Crippen molar-refractivity contribution in [2.45, 2.75) is 6.92 Å². The number of H-pyrrole nitrogens is 1. The number of halogens is 1. The van der Waals surface area contributed by atoms with E-state index in [0.29, 0.717) is 5.82 Å². The summed E-state index contributed by atoms with van der Waals surface area (Å²) < 4.78 is 0.912. The van der Waals surface area contributed by atoms with Gasteiger partial charge >= 0.3 is 5.97 Å². The molecule has 0 unspecified atom stereocenters. The lowest BCUT2D eigenvalue weighted by molar-refractivity contribution is 0.0693. The Morgan fingerprint density at radius 3 is 2.71 bits per heavy atom. The Labute approximate surface area is 108 Å². The predicted molar refractivity (Wildman–Crippen MR) is 67.6 cm³/mol. The van der Waals surface area contributed by atoms with Crippen LogP contribution in [0.25, 0.3) is 10.7 Å². The molecule has 0 aliphatic carbocycles. The van der Waals surface area contributed by atoms with E-state index in [-0.39, 0.29) is 11.3 Å². The molecule has 0 aromatic carbocycles. The van der Waals surface area contributed by atoms with E-state index in [2.05, 4.69) is 25.9 Å². The number of thiophene rings is 1. The summed E-state index contributed by atoms with van der Waals surface area (Å²) in [4.78, 5) is 29.8. The average Bonchev–Trinajstić information content (AvgIpc) is 2.63. The van der Waals surface area contributed by atoms with Crippen LogP contribution in [0.2, 0.25) is 0 Å². The van der Waals surface area contributed by atoms with Crippen LogP contribution in [0.4, 0.5) is 0 Å². The summed E-state index contributed by atoms with van der Waals surface area (Å²) in [5.41, 5.74) is -0.741. The van der Waals surface area contributed by atoms with Gasteiger partial charge in [-0.05, 0) is 35.0 Å². The molecule has 0 amide bonds. The summed E-state index contributed by atoms with van der Waals surface area (Å²) in [6.45, 7) is 1.50. The number of hydrogen-bond acceptors (Lipinski definition) is 4. The SMILES string of the molecule is Cc1nc(-c2ccc(Br)s2)[nH]c(=O)c1C(=O)O. The van der Waals surface area contributed by atoms with Gasteiger partial charge in [0.05, 0.1) is 14.4 Å². The van der Waals surface area contributed by atoms with Crippen molar-refractivity contribution >= 4 is 33.2 Å². The molecule has 0 fully saturated rings. The Bertz CT molecular complexity index is 647. The summed E-state index contributed by atoms with van der Waals surface area (Å²) in [5, 5.41) is 8.85. The van der Waals surface area contributed by atoms with Crippen LogP contribution in [0.3, 0.4) is 0 Å². The van der Waals surface area contributed by atoms with Crippen molar-refractivity contribution in [2.75, 3.05) is 0 Å². The first kappa shape index (κ1) is 12.0. The van der Waals surface area contributed by atoms with Crippen LogP contribution >= 0.6 is 27.3 Å². The molecular formula is C10H7BrN2O3S. The number of rotatable bonds is 2. The molecule has 17 heavy (non-hydrogen) atoms. The third-order valence-electron chi connectivity index (χ3n) is 2.12. The third kappa shape index (κ3) is 2.29. The molecule has 0 spiro atoms. The van der Waals surface area contributed by atoms with E-state index in [1.165, 1.54) is 18.3 Å². The Morgan fingerprint density at radius 2 is 2.24 bits per heavy atom. The van der Waals surface area contributed by atoms with E-state index in [1.807, 2.05) is 6.07 Å². The third-order valence-corrected chi connectivity index (χ3v) is 3.75. The Kier molecular flexibility index (Phi) is 3.12. The van der Waals surface area contributed by atoms with Crippen LogP contribution in [0, 0.1) is 6.92 Å². The van der Waals surface area contributed by atoms with Crippen molar-refractivity contribution in [3.8, 4) is 10.7 Å². The highest BCUT2D eigenvalue weighted by molar-refractivity contribution is 9.11. The molecule has 2 aromatic heterocycles. The van der Waals surface area contributed by atoms with Gasteiger partial charge in [-0.2, -0.15) is 0 Å². The van der Waals surface area contributed by atoms with Crippen LogP contribution in [0.1, 0.15) is 16.1 Å². The standard InChI is InChI=1S/C10H7BrN2O3S/c1-4-7(10(15)16)9(14)13-8(12-4)5-2-3-6(11)17-5/h2-3H,1H3,(H,15,16)(H,12,13,14). The number of nitrogens with one attached hydrogen (secondary N) is 1. The van der Waals surface area contributed by atoms with Crippen LogP contribution in [-0.4, -0.2) is 21.0 Å². The molecule has 0 atom stereocenters. The first-order chi connectivity index (χ1) is 7.99. The van der Waals surface area contributed by atoms with Crippen LogP contribution < -0.4 is 5.56 Å². The number of aromatic nitrogens is 2. The number of hydrogen-bond donors (Lipinski definition) is 2. The van der Waals surface area contributed by atoms with Crippen molar-refractivity contribution in [2.24, 2.45) is 0 Å². The van der Waals surface area contributed by atoms with Crippen LogP contribution in [0.5, 0.6) is 0 Å². The Morgan fingerprint density at radius 1 is 1.53 bits per heavy atom. The smallest absolute Gasteiger partial charge is 0.343 e. The van der Waals surface area contributed by atoms with Crippen molar-refractivity contribution in [3.63, 3.8) is 0 Å². The normalized spacial score (nSPS) is 10.5. The minimum Gasteiger partial charge on any atom is -0.477 e. The second kappa shape index (κ2) is 4.42. The molecule has 0 aliphatic rings. The van der Waals surface area contributed by atoms with E-state index in [1.54, 1.807) is 6.07 Å². The number of aromatic carboxylic acids is 1. The zero-order chi connectivity index (χ0) is 12.6. The average molecular weight is 315 g/mol. The van der Waals surface area contributed by atoms with E-state index < -0.39 is 11.5 Å². The minimum absolute atomic E-state index is 0.209. The molecule has 2 heterocycles. The highest BCUT2D eigenvalue weighted by Gasteiger charge is 2.16. The number of carboxylic acids is 1. The monoisotopic (exact) mass is 314 g/mol. The van der Waals surface area contributed by atoms with Crippen molar-refractivity contribution in [1.29, 1.82) is 0 Å². The fourth-order valence-corrected chi connectivity index (χ4v) is 2.73. The molecule has 2 aromatic rings. The molecule has 0 bridgehead atoms. The van der Waals surface area contributed by atoms with Gasteiger partial charge in [0, 0.05) is 0 Å². The molecule has 2 N–H and O–H groups in total. The molecule has 0 saturated carbocycles. The summed E-state index contributed by atoms with van der Waals surface area (Å²) in [7, 11) is 0. The highest BCUT2D eigenvalue weighted by atomic mass is 79.9. The topological polar surface area (TPSA) is 83.0 Å². The van der Waals surface area contributed by atoms with E-state index in [0.717, 1.165) is 8.66 Å². The number of carboxylic acid groups (broad SMARTS) is 1. The lowest BCUT2D eigenvalue weighted by atomic mass is 10.2.